The molecule has 120 valence electrons. The second-order valence-corrected chi connectivity index (χ2v) is 5.70. The van der Waals surface area contributed by atoms with Crippen molar-refractivity contribution >= 4 is 23.2 Å². The maximum Gasteiger partial charge on any atom is 0.266 e. The van der Waals surface area contributed by atoms with Gasteiger partial charge in [-0.05, 0) is 18.2 Å². The SMILES string of the molecule is O=C(c1c[nH]c(=O)c(Cl)c1)N1CCN(c2ccccc2F)CC1. The van der Waals surface area contributed by atoms with Crippen molar-refractivity contribution in [2.45, 2.75) is 0 Å². The summed E-state index contributed by atoms with van der Waals surface area (Å²) < 4.78 is 13.8. The molecule has 0 radical (unpaired) electrons. The van der Waals surface area contributed by atoms with E-state index in [9.17, 15) is 14.0 Å². The first-order valence-electron chi connectivity index (χ1n) is 7.23. The van der Waals surface area contributed by atoms with Crippen molar-refractivity contribution in [3.05, 3.63) is 63.3 Å². The Labute approximate surface area is 137 Å². The largest absolute Gasteiger partial charge is 0.366 e. The number of aromatic nitrogens is 1. The molecule has 3 rings (SSSR count). The maximum atomic E-state index is 13.8. The van der Waals surface area contributed by atoms with Crippen molar-refractivity contribution in [1.29, 1.82) is 0 Å². The highest BCUT2D eigenvalue weighted by atomic mass is 35.5. The lowest BCUT2D eigenvalue weighted by Crippen LogP contribution is -2.49. The van der Waals surface area contributed by atoms with Crippen LogP contribution in [0.2, 0.25) is 5.02 Å². The number of aromatic amines is 1. The van der Waals surface area contributed by atoms with Gasteiger partial charge in [0.1, 0.15) is 10.8 Å². The number of rotatable bonds is 2. The number of amides is 1. The van der Waals surface area contributed by atoms with Crippen molar-refractivity contribution in [3.8, 4) is 0 Å². The van der Waals surface area contributed by atoms with Crippen LogP contribution in [0, 0.1) is 5.82 Å². The van der Waals surface area contributed by atoms with Crippen LogP contribution in [0.25, 0.3) is 0 Å². The molecule has 7 heteroatoms. The van der Waals surface area contributed by atoms with Gasteiger partial charge in [-0.25, -0.2) is 4.39 Å². The molecule has 23 heavy (non-hydrogen) atoms. The normalized spacial score (nSPS) is 14.9. The lowest BCUT2D eigenvalue weighted by atomic mass is 10.2. The zero-order chi connectivity index (χ0) is 16.4. The van der Waals surface area contributed by atoms with Gasteiger partial charge in [-0.3, -0.25) is 9.59 Å². The molecule has 2 heterocycles. The van der Waals surface area contributed by atoms with E-state index in [4.69, 9.17) is 11.6 Å². The highest BCUT2D eigenvalue weighted by Crippen LogP contribution is 2.20. The smallest absolute Gasteiger partial charge is 0.266 e. The summed E-state index contributed by atoms with van der Waals surface area (Å²) in [5.41, 5.74) is 0.466. The van der Waals surface area contributed by atoms with E-state index in [0.717, 1.165) is 0 Å². The molecule has 1 amide bonds. The first kappa shape index (κ1) is 15.6. The third-order valence-electron chi connectivity index (χ3n) is 3.86. The summed E-state index contributed by atoms with van der Waals surface area (Å²) in [5, 5.41) is -0.0131. The monoisotopic (exact) mass is 335 g/mol. The summed E-state index contributed by atoms with van der Waals surface area (Å²) in [6.45, 7) is 2.04. The highest BCUT2D eigenvalue weighted by Gasteiger charge is 2.23. The predicted octanol–water partition coefficient (Wildman–Crippen LogP) is 2.13. The second kappa shape index (κ2) is 6.42. The van der Waals surface area contributed by atoms with E-state index in [2.05, 4.69) is 4.98 Å². The topological polar surface area (TPSA) is 56.4 Å². The number of nitrogens with one attached hydrogen (secondary N) is 1. The molecule has 2 aromatic rings. The molecule has 1 aromatic carbocycles. The van der Waals surface area contributed by atoms with Crippen molar-refractivity contribution in [2.24, 2.45) is 0 Å². The van der Waals surface area contributed by atoms with Gasteiger partial charge in [0.2, 0.25) is 0 Å². The molecular formula is C16H15ClFN3O2. The predicted molar refractivity (Wildman–Crippen MR) is 86.6 cm³/mol. The molecule has 0 atom stereocenters. The summed E-state index contributed by atoms with van der Waals surface area (Å²) in [6.07, 6.45) is 1.36. The van der Waals surface area contributed by atoms with E-state index >= 15 is 0 Å². The van der Waals surface area contributed by atoms with Gasteiger partial charge in [-0.2, -0.15) is 0 Å². The minimum Gasteiger partial charge on any atom is -0.366 e. The third-order valence-corrected chi connectivity index (χ3v) is 4.15. The molecule has 1 N–H and O–H groups in total. The molecule has 1 aromatic heterocycles. The molecule has 0 bridgehead atoms. The fraction of sp³-hybridized carbons (Fsp3) is 0.250. The summed E-state index contributed by atoms with van der Waals surface area (Å²) in [6, 6.07) is 7.96. The van der Waals surface area contributed by atoms with Crippen LogP contribution in [-0.4, -0.2) is 42.0 Å². The van der Waals surface area contributed by atoms with Crippen molar-refractivity contribution in [3.63, 3.8) is 0 Å². The Hall–Kier alpha value is -2.34. The molecule has 1 saturated heterocycles. The first-order chi connectivity index (χ1) is 11.1. The molecule has 0 unspecified atom stereocenters. The zero-order valence-corrected chi connectivity index (χ0v) is 13.0. The van der Waals surface area contributed by atoms with Crippen molar-refractivity contribution < 1.29 is 9.18 Å². The van der Waals surface area contributed by atoms with E-state index in [1.54, 1.807) is 23.1 Å². The molecule has 0 spiro atoms. The van der Waals surface area contributed by atoms with Crippen molar-refractivity contribution in [2.75, 3.05) is 31.1 Å². The van der Waals surface area contributed by atoms with E-state index in [1.807, 2.05) is 4.90 Å². The van der Waals surface area contributed by atoms with Crippen LogP contribution in [0.3, 0.4) is 0 Å². The number of benzene rings is 1. The Bertz CT molecular complexity index is 785. The number of nitrogens with zero attached hydrogens (tertiary/aromatic N) is 2. The highest BCUT2D eigenvalue weighted by molar-refractivity contribution is 6.30. The molecular weight excluding hydrogens is 321 g/mol. The van der Waals surface area contributed by atoms with Crippen LogP contribution in [0.4, 0.5) is 10.1 Å². The van der Waals surface area contributed by atoms with Crippen LogP contribution in [-0.2, 0) is 0 Å². The van der Waals surface area contributed by atoms with Crippen LogP contribution >= 0.6 is 11.6 Å². The number of hydrogen-bond donors (Lipinski definition) is 1. The standard InChI is InChI=1S/C16H15ClFN3O2/c17-12-9-11(10-19-15(12)22)16(23)21-7-5-20(6-8-21)14-4-2-1-3-13(14)18/h1-4,9-10H,5-8H2,(H,19,22). The number of piperazine rings is 1. The summed E-state index contributed by atoms with van der Waals surface area (Å²) in [5.74, 6) is -0.462. The Morgan fingerprint density at radius 3 is 2.52 bits per heavy atom. The average molecular weight is 336 g/mol. The number of carbonyl (C=O) groups excluding carboxylic acids is 1. The molecule has 1 aliphatic heterocycles. The van der Waals surface area contributed by atoms with Crippen LogP contribution in [0.5, 0.6) is 0 Å². The number of H-pyrrole nitrogens is 1. The Balaban J connectivity index is 1.69. The number of para-hydroxylation sites is 1. The summed E-state index contributed by atoms with van der Waals surface area (Å²) in [7, 11) is 0. The van der Waals surface area contributed by atoms with Crippen LogP contribution in [0.15, 0.2) is 41.3 Å². The average Bonchev–Trinajstić information content (AvgIpc) is 2.57. The number of pyridine rings is 1. The van der Waals surface area contributed by atoms with Gasteiger partial charge >= 0.3 is 0 Å². The summed E-state index contributed by atoms with van der Waals surface area (Å²) in [4.78, 5) is 29.7. The Kier molecular flexibility index (Phi) is 4.34. The van der Waals surface area contributed by atoms with Gasteiger partial charge in [0.05, 0.1) is 11.3 Å². The molecule has 1 aliphatic rings. The number of anilines is 1. The van der Waals surface area contributed by atoms with Gasteiger partial charge in [-0.1, -0.05) is 23.7 Å². The molecule has 0 aliphatic carbocycles. The molecule has 5 nitrogen and oxygen atoms in total. The zero-order valence-electron chi connectivity index (χ0n) is 12.3. The minimum atomic E-state index is -0.424. The lowest BCUT2D eigenvalue weighted by Gasteiger charge is -2.36. The summed E-state index contributed by atoms with van der Waals surface area (Å²) >= 11 is 5.75. The lowest BCUT2D eigenvalue weighted by molar-refractivity contribution is 0.0746. The van der Waals surface area contributed by atoms with Crippen LogP contribution < -0.4 is 10.5 Å². The third kappa shape index (κ3) is 3.22. The van der Waals surface area contributed by atoms with Gasteiger partial charge in [0, 0.05) is 32.4 Å². The number of halogens is 2. The fourth-order valence-corrected chi connectivity index (χ4v) is 2.79. The molecule has 0 saturated carbocycles. The Morgan fingerprint density at radius 2 is 1.87 bits per heavy atom. The van der Waals surface area contributed by atoms with E-state index in [1.165, 1.54) is 18.3 Å². The maximum absolute atomic E-state index is 13.8. The van der Waals surface area contributed by atoms with Gasteiger partial charge < -0.3 is 14.8 Å². The van der Waals surface area contributed by atoms with Crippen molar-refractivity contribution in [1.82, 2.24) is 9.88 Å². The van der Waals surface area contributed by atoms with Gasteiger partial charge in [0.25, 0.3) is 11.5 Å². The van der Waals surface area contributed by atoms with Crippen LogP contribution in [0.1, 0.15) is 10.4 Å². The van der Waals surface area contributed by atoms with E-state index in [-0.39, 0.29) is 16.7 Å². The van der Waals surface area contributed by atoms with Gasteiger partial charge in [0.15, 0.2) is 0 Å². The van der Waals surface area contributed by atoms with E-state index in [0.29, 0.717) is 37.4 Å². The van der Waals surface area contributed by atoms with E-state index < -0.39 is 5.56 Å². The number of carbonyl (C=O) groups is 1. The minimum absolute atomic E-state index is 0.0131. The second-order valence-electron chi connectivity index (χ2n) is 5.30. The Morgan fingerprint density at radius 1 is 1.17 bits per heavy atom. The first-order valence-corrected chi connectivity index (χ1v) is 7.61. The quantitative estimate of drug-likeness (QED) is 0.914. The fourth-order valence-electron chi connectivity index (χ4n) is 2.62. The van der Waals surface area contributed by atoms with Gasteiger partial charge in [-0.15, -0.1) is 0 Å². The molecule has 1 fully saturated rings. The number of hydrogen-bond acceptors (Lipinski definition) is 3.